The molecule has 4 nitrogen and oxygen atoms in total. The fourth-order valence-corrected chi connectivity index (χ4v) is 4.22. The highest BCUT2D eigenvalue weighted by atomic mass is 15.2. The molecule has 2 aromatic heterocycles. The van der Waals surface area contributed by atoms with Crippen LogP contribution in [0.3, 0.4) is 0 Å². The first kappa shape index (κ1) is 17.2. The lowest BCUT2D eigenvalue weighted by molar-refractivity contribution is 0.185. The van der Waals surface area contributed by atoms with Crippen molar-refractivity contribution in [2.75, 3.05) is 6.54 Å². The van der Waals surface area contributed by atoms with E-state index in [1.165, 1.54) is 42.6 Å². The number of fused-ring (bicyclic) bond motifs is 1. The number of likely N-dealkylation sites (tertiary alicyclic amines) is 1. The van der Waals surface area contributed by atoms with Gasteiger partial charge in [0.2, 0.25) is 0 Å². The highest BCUT2D eigenvalue weighted by molar-refractivity contribution is 5.75. The Bertz CT molecular complexity index is 840. The Morgan fingerprint density at radius 1 is 1.04 bits per heavy atom. The highest BCUT2D eigenvalue weighted by Gasteiger charge is 2.24. The molecule has 0 radical (unpaired) electrons. The maximum atomic E-state index is 4.99. The molecule has 4 heteroatoms. The summed E-state index contributed by atoms with van der Waals surface area (Å²) >= 11 is 0. The van der Waals surface area contributed by atoms with Crippen LogP contribution in [0.15, 0.2) is 48.8 Å². The standard InChI is InChI=1S/C22H28N4/c1-2-15-26-21-10-6-5-8-19(21)24-22(26)17-25-16-7-3-4-9-20(25)18-11-13-23-14-12-18/h5-6,8,10-14,20H,2-4,7,9,15-17H2,1H3/t20-/m1/s1. The van der Waals surface area contributed by atoms with Crippen LogP contribution in [0.25, 0.3) is 11.0 Å². The molecule has 136 valence electrons. The van der Waals surface area contributed by atoms with E-state index in [1.54, 1.807) is 0 Å². The van der Waals surface area contributed by atoms with Crippen molar-refractivity contribution in [3.05, 3.63) is 60.2 Å². The lowest BCUT2D eigenvalue weighted by Crippen LogP contribution is -2.29. The number of pyridine rings is 1. The fourth-order valence-electron chi connectivity index (χ4n) is 4.22. The van der Waals surface area contributed by atoms with Crippen LogP contribution in [0.5, 0.6) is 0 Å². The van der Waals surface area contributed by atoms with E-state index in [9.17, 15) is 0 Å². The number of para-hydroxylation sites is 2. The molecule has 0 aliphatic carbocycles. The van der Waals surface area contributed by atoms with Crippen molar-refractivity contribution in [2.24, 2.45) is 0 Å². The molecule has 0 N–H and O–H groups in total. The third kappa shape index (κ3) is 3.51. The van der Waals surface area contributed by atoms with Gasteiger partial charge in [-0.15, -0.1) is 0 Å². The molecule has 1 fully saturated rings. The van der Waals surface area contributed by atoms with Gasteiger partial charge >= 0.3 is 0 Å². The Kier molecular flexibility index (Phi) is 5.30. The monoisotopic (exact) mass is 348 g/mol. The maximum absolute atomic E-state index is 4.99. The minimum Gasteiger partial charge on any atom is -0.327 e. The predicted molar refractivity (Wildman–Crippen MR) is 106 cm³/mol. The van der Waals surface area contributed by atoms with Gasteiger partial charge in [-0.05, 0) is 55.6 Å². The van der Waals surface area contributed by atoms with Crippen molar-refractivity contribution >= 4 is 11.0 Å². The summed E-state index contributed by atoms with van der Waals surface area (Å²) in [4.78, 5) is 11.8. The van der Waals surface area contributed by atoms with Gasteiger partial charge in [-0.3, -0.25) is 9.88 Å². The SMILES string of the molecule is CCCn1c(CN2CCCCC[C@@H]2c2ccncc2)nc2ccccc21. The summed E-state index contributed by atoms with van der Waals surface area (Å²) in [6, 6.07) is 13.4. The van der Waals surface area contributed by atoms with Crippen LogP contribution in [0.2, 0.25) is 0 Å². The maximum Gasteiger partial charge on any atom is 0.124 e. The summed E-state index contributed by atoms with van der Waals surface area (Å²) in [7, 11) is 0. The van der Waals surface area contributed by atoms with E-state index in [4.69, 9.17) is 4.98 Å². The van der Waals surface area contributed by atoms with Crippen molar-refractivity contribution in [3.63, 3.8) is 0 Å². The summed E-state index contributed by atoms with van der Waals surface area (Å²) in [5.41, 5.74) is 3.77. The number of benzene rings is 1. The molecule has 1 aromatic carbocycles. The van der Waals surface area contributed by atoms with Crippen LogP contribution < -0.4 is 0 Å². The van der Waals surface area contributed by atoms with Crippen LogP contribution >= 0.6 is 0 Å². The van der Waals surface area contributed by atoms with Gasteiger partial charge in [0, 0.05) is 25.0 Å². The first-order chi connectivity index (χ1) is 12.9. The number of hydrogen-bond donors (Lipinski definition) is 0. The Morgan fingerprint density at radius 2 is 1.88 bits per heavy atom. The Morgan fingerprint density at radius 3 is 2.73 bits per heavy atom. The number of aromatic nitrogens is 3. The topological polar surface area (TPSA) is 34.0 Å². The van der Waals surface area contributed by atoms with Crippen molar-refractivity contribution in [1.29, 1.82) is 0 Å². The highest BCUT2D eigenvalue weighted by Crippen LogP contribution is 2.31. The molecular formula is C22H28N4. The molecule has 26 heavy (non-hydrogen) atoms. The Hall–Kier alpha value is -2.20. The summed E-state index contributed by atoms with van der Waals surface area (Å²) < 4.78 is 2.42. The van der Waals surface area contributed by atoms with Crippen LogP contribution in [0.1, 0.15) is 56.5 Å². The Labute approximate surface area is 155 Å². The van der Waals surface area contributed by atoms with E-state index in [0.29, 0.717) is 6.04 Å². The first-order valence-electron chi connectivity index (χ1n) is 9.95. The summed E-state index contributed by atoms with van der Waals surface area (Å²) in [6.07, 6.45) is 10.1. The smallest absolute Gasteiger partial charge is 0.124 e. The van der Waals surface area contributed by atoms with Gasteiger partial charge in [0.1, 0.15) is 5.82 Å². The van der Waals surface area contributed by atoms with E-state index >= 15 is 0 Å². The second-order valence-electron chi connectivity index (χ2n) is 7.28. The molecule has 3 aromatic rings. The largest absolute Gasteiger partial charge is 0.327 e. The number of aryl methyl sites for hydroxylation is 1. The number of imidazole rings is 1. The molecule has 1 atom stereocenters. The quantitative estimate of drug-likeness (QED) is 0.653. The van der Waals surface area contributed by atoms with Gasteiger partial charge in [0.05, 0.1) is 17.6 Å². The molecule has 0 amide bonds. The average Bonchev–Trinajstić information content (AvgIpc) is 2.86. The van der Waals surface area contributed by atoms with Crippen molar-refractivity contribution in [2.45, 2.75) is 58.2 Å². The fraction of sp³-hybridized carbons (Fsp3) is 0.455. The summed E-state index contributed by atoms with van der Waals surface area (Å²) in [6.45, 7) is 5.33. The molecule has 0 spiro atoms. The summed E-state index contributed by atoms with van der Waals surface area (Å²) in [5, 5.41) is 0. The second-order valence-corrected chi connectivity index (χ2v) is 7.28. The Balaban J connectivity index is 1.67. The second kappa shape index (κ2) is 8.00. The molecule has 4 rings (SSSR count). The van der Waals surface area contributed by atoms with Gasteiger partial charge < -0.3 is 4.57 Å². The van der Waals surface area contributed by atoms with E-state index in [0.717, 1.165) is 31.6 Å². The van der Waals surface area contributed by atoms with Crippen molar-refractivity contribution < 1.29 is 0 Å². The minimum atomic E-state index is 0.468. The van der Waals surface area contributed by atoms with E-state index in [1.807, 2.05) is 12.4 Å². The molecule has 3 heterocycles. The molecule has 1 aliphatic heterocycles. The average molecular weight is 348 g/mol. The van der Waals surface area contributed by atoms with Crippen LogP contribution in [0, 0.1) is 0 Å². The van der Waals surface area contributed by atoms with Gasteiger partial charge in [-0.25, -0.2) is 4.98 Å². The van der Waals surface area contributed by atoms with E-state index in [-0.39, 0.29) is 0 Å². The number of nitrogens with zero attached hydrogens (tertiary/aromatic N) is 4. The molecule has 0 unspecified atom stereocenters. The van der Waals surface area contributed by atoms with Gasteiger partial charge in [-0.1, -0.05) is 31.9 Å². The normalized spacial score (nSPS) is 18.9. The van der Waals surface area contributed by atoms with Crippen molar-refractivity contribution in [3.8, 4) is 0 Å². The lowest BCUT2D eigenvalue weighted by Gasteiger charge is -2.30. The zero-order valence-corrected chi connectivity index (χ0v) is 15.6. The van der Waals surface area contributed by atoms with Crippen LogP contribution in [-0.2, 0) is 13.1 Å². The molecule has 1 saturated heterocycles. The van der Waals surface area contributed by atoms with Gasteiger partial charge in [0.25, 0.3) is 0 Å². The third-order valence-electron chi connectivity index (χ3n) is 5.48. The first-order valence-corrected chi connectivity index (χ1v) is 9.95. The molecule has 0 bridgehead atoms. The predicted octanol–water partition coefficient (Wildman–Crippen LogP) is 4.96. The van der Waals surface area contributed by atoms with Crippen LogP contribution in [-0.4, -0.2) is 26.0 Å². The van der Waals surface area contributed by atoms with Crippen LogP contribution in [0.4, 0.5) is 0 Å². The van der Waals surface area contributed by atoms with E-state index < -0.39 is 0 Å². The van der Waals surface area contributed by atoms with E-state index in [2.05, 4.69) is 57.8 Å². The molecule has 1 aliphatic rings. The zero-order valence-electron chi connectivity index (χ0n) is 15.6. The number of rotatable bonds is 5. The van der Waals surface area contributed by atoms with Crippen molar-refractivity contribution in [1.82, 2.24) is 19.4 Å². The zero-order chi connectivity index (χ0) is 17.8. The molecule has 0 saturated carbocycles. The lowest BCUT2D eigenvalue weighted by atomic mass is 10.0. The minimum absolute atomic E-state index is 0.468. The molecular weight excluding hydrogens is 320 g/mol. The number of hydrogen-bond acceptors (Lipinski definition) is 3. The summed E-state index contributed by atoms with van der Waals surface area (Å²) in [5.74, 6) is 1.20. The third-order valence-corrected chi connectivity index (χ3v) is 5.48. The van der Waals surface area contributed by atoms with Gasteiger partial charge in [0.15, 0.2) is 0 Å². The van der Waals surface area contributed by atoms with Gasteiger partial charge in [-0.2, -0.15) is 0 Å².